The fourth-order valence-electron chi connectivity index (χ4n) is 2.22. The van der Waals surface area contributed by atoms with Crippen molar-refractivity contribution in [2.75, 3.05) is 0 Å². The lowest BCUT2D eigenvalue weighted by Gasteiger charge is -2.11. The van der Waals surface area contributed by atoms with Crippen molar-refractivity contribution in [1.82, 2.24) is 14.5 Å². The van der Waals surface area contributed by atoms with Crippen LogP contribution < -0.4 is 5.56 Å². The largest absolute Gasteiger partial charge is 0.453 e. The summed E-state index contributed by atoms with van der Waals surface area (Å²) in [5, 5.41) is 9.34. The summed E-state index contributed by atoms with van der Waals surface area (Å²) in [6.07, 6.45) is 1.61. The number of aromatic amines is 1. The Hall–Kier alpha value is -3.40. The molecule has 3 rings (SSSR count). The van der Waals surface area contributed by atoms with Crippen LogP contribution in [-0.2, 0) is 17.9 Å². The molecule has 0 saturated carbocycles. The standard InChI is InChI=1S/C16H12N4O3/c17-7-9-20-14(10-23-16(22)13-6-3-8-18-13)19-12-5-2-1-4-11(12)15(20)21/h1-6,8,18H,9-10H2. The Morgan fingerprint density at radius 1 is 1.30 bits per heavy atom. The van der Waals surface area contributed by atoms with Crippen LogP contribution in [0.1, 0.15) is 16.3 Å². The molecule has 23 heavy (non-hydrogen) atoms. The fraction of sp³-hybridized carbons (Fsp3) is 0.125. The minimum Gasteiger partial charge on any atom is -0.453 e. The quantitative estimate of drug-likeness (QED) is 0.738. The van der Waals surface area contributed by atoms with Crippen LogP contribution in [-0.4, -0.2) is 20.5 Å². The number of carbonyl (C=O) groups is 1. The van der Waals surface area contributed by atoms with Crippen molar-refractivity contribution in [2.24, 2.45) is 0 Å². The molecule has 2 heterocycles. The van der Waals surface area contributed by atoms with E-state index in [-0.39, 0.29) is 24.5 Å². The molecule has 0 aliphatic carbocycles. The fourth-order valence-corrected chi connectivity index (χ4v) is 2.22. The number of nitrogens with zero attached hydrogens (tertiary/aromatic N) is 3. The molecule has 0 saturated heterocycles. The molecule has 0 aliphatic heterocycles. The normalized spacial score (nSPS) is 10.4. The van der Waals surface area contributed by atoms with Gasteiger partial charge in [-0.3, -0.25) is 9.36 Å². The second-order valence-electron chi connectivity index (χ2n) is 4.75. The van der Waals surface area contributed by atoms with Crippen molar-refractivity contribution in [3.05, 3.63) is 64.5 Å². The topological polar surface area (TPSA) is 101 Å². The Morgan fingerprint density at radius 3 is 2.87 bits per heavy atom. The number of ether oxygens (including phenoxy) is 1. The third kappa shape index (κ3) is 2.82. The van der Waals surface area contributed by atoms with E-state index >= 15 is 0 Å². The van der Waals surface area contributed by atoms with Crippen LogP contribution in [0.3, 0.4) is 0 Å². The van der Waals surface area contributed by atoms with E-state index in [0.717, 1.165) is 0 Å². The van der Waals surface area contributed by atoms with Crippen molar-refractivity contribution in [1.29, 1.82) is 5.26 Å². The first-order valence-corrected chi connectivity index (χ1v) is 6.86. The molecule has 0 aliphatic rings. The van der Waals surface area contributed by atoms with Gasteiger partial charge in [-0.25, -0.2) is 9.78 Å². The van der Waals surface area contributed by atoms with E-state index in [9.17, 15) is 9.59 Å². The van der Waals surface area contributed by atoms with Gasteiger partial charge in [-0.2, -0.15) is 5.26 Å². The van der Waals surface area contributed by atoms with Crippen molar-refractivity contribution in [2.45, 2.75) is 13.2 Å². The van der Waals surface area contributed by atoms with Gasteiger partial charge in [-0.1, -0.05) is 12.1 Å². The van der Waals surface area contributed by atoms with Crippen molar-refractivity contribution in [3.63, 3.8) is 0 Å². The molecule has 1 aromatic carbocycles. The average Bonchev–Trinajstić information content (AvgIpc) is 3.10. The highest BCUT2D eigenvalue weighted by molar-refractivity contribution is 5.87. The molecule has 0 fully saturated rings. The Balaban J connectivity index is 1.96. The van der Waals surface area contributed by atoms with Gasteiger partial charge in [0, 0.05) is 6.20 Å². The zero-order valence-corrected chi connectivity index (χ0v) is 12.0. The van der Waals surface area contributed by atoms with Crippen LogP contribution in [0.4, 0.5) is 0 Å². The summed E-state index contributed by atoms with van der Waals surface area (Å²) in [6.45, 7) is -0.355. The molecule has 7 nitrogen and oxygen atoms in total. The van der Waals surface area contributed by atoms with Gasteiger partial charge in [0.2, 0.25) is 0 Å². The highest BCUT2D eigenvalue weighted by atomic mass is 16.5. The van der Waals surface area contributed by atoms with E-state index in [0.29, 0.717) is 16.6 Å². The summed E-state index contributed by atoms with van der Waals surface area (Å²) in [4.78, 5) is 31.4. The number of hydrogen-bond acceptors (Lipinski definition) is 5. The van der Waals surface area contributed by atoms with E-state index in [2.05, 4.69) is 9.97 Å². The van der Waals surface area contributed by atoms with Gasteiger partial charge in [0.05, 0.1) is 17.0 Å². The minimum absolute atomic E-state index is 0.161. The van der Waals surface area contributed by atoms with Crippen LogP contribution >= 0.6 is 0 Å². The van der Waals surface area contributed by atoms with Crippen LogP contribution in [0.5, 0.6) is 0 Å². The number of para-hydroxylation sites is 1. The molecule has 0 spiro atoms. The van der Waals surface area contributed by atoms with Crippen molar-refractivity contribution < 1.29 is 9.53 Å². The molecule has 0 atom stereocenters. The van der Waals surface area contributed by atoms with Crippen molar-refractivity contribution in [3.8, 4) is 6.07 Å². The summed E-state index contributed by atoms with van der Waals surface area (Å²) in [6, 6.07) is 12.0. The van der Waals surface area contributed by atoms with Gasteiger partial charge in [0.15, 0.2) is 5.82 Å². The SMILES string of the molecule is N#CCn1c(COC(=O)c2ccc[nH]2)nc2ccccc2c1=O. The highest BCUT2D eigenvalue weighted by Gasteiger charge is 2.14. The molecule has 3 aromatic rings. The number of rotatable bonds is 4. The number of esters is 1. The molecule has 0 amide bonds. The molecule has 1 N–H and O–H groups in total. The number of nitriles is 1. The summed E-state index contributed by atoms with van der Waals surface area (Å²) < 4.78 is 6.37. The van der Waals surface area contributed by atoms with Gasteiger partial charge >= 0.3 is 5.97 Å². The third-order valence-corrected chi connectivity index (χ3v) is 3.32. The minimum atomic E-state index is -0.555. The number of nitrogens with one attached hydrogen (secondary N) is 1. The third-order valence-electron chi connectivity index (χ3n) is 3.32. The average molecular weight is 308 g/mol. The Labute approximate surface area is 130 Å². The summed E-state index contributed by atoms with van der Waals surface area (Å²) in [5.74, 6) is -0.323. The predicted molar refractivity (Wildman–Crippen MR) is 81.5 cm³/mol. The van der Waals surface area contributed by atoms with Gasteiger partial charge in [0.1, 0.15) is 18.8 Å². The van der Waals surface area contributed by atoms with Gasteiger partial charge in [-0.05, 0) is 24.3 Å². The summed E-state index contributed by atoms with van der Waals surface area (Å²) in [7, 11) is 0. The van der Waals surface area contributed by atoms with Crippen LogP contribution in [0.15, 0.2) is 47.4 Å². The molecule has 0 bridgehead atoms. The van der Waals surface area contributed by atoms with Crippen LogP contribution in [0.2, 0.25) is 0 Å². The second kappa shape index (κ2) is 6.15. The first-order valence-electron chi connectivity index (χ1n) is 6.86. The summed E-state index contributed by atoms with van der Waals surface area (Å²) >= 11 is 0. The zero-order valence-electron chi connectivity index (χ0n) is 12.0. The molecular formula is C16H12N4O3. The second-order valence-corrected chi connectivity index (χ2v) is 4.75. The van der Waals surface area contributed by atoms with Crippen LogP contribution in [0.25, 0.3) is 10.9 Å². The van der Waals surface area contributed by atoms with E-state index in [1.54, 1.807) is 42.6 Å². The Morgan fingerprint density at radius 2 is 2.13 bits per heavy atom. The lowest BCUT2D eigenvalue weighted by atomic mass is 10.2. The maximum absolute atomic E-state index is 12.4. The molecule has 0 unspecified atom stereocenters. The van der Waals surface area contributed by atoms with E-state index in [1.807, 2.05) is 6.07 Å². The maximum atomic E-state index is 12.4. The Bertz CT molecular complexity index is 952. The predicted octanol–water partition coefficient (Wildman–Crippen LogP) is 1.61. The maximum Gasteiger partial charge on any atom is 0.355 e. The van der Waals surface area contributed by atoms with E-state index < -0.39 is 5.97 Å². The Kier molecular flexibility index (Phi) is 3.89. The van der Waals surface area contributed by atoms with Crippen molar-refractivity contribution >= 4 is 16.9 Å². The highest BCUT2D eigenvalue weighted by Crippen LogP contribution is 2.09. The smallest absolute Gasteiger partial charge is 0.355 e. The van der Waals surface area contributed by atoms with Crippen LogP contribution in [0, 0.1) is 11.3 Å². The first kappa shape index (κ1) is 14.5. The molecule has 2 aromatic heterocycles. The number of aromatic nitrogens is 3. The molecule has 0 radical (unpaired) electrons. The molecule has 114 valence electrons. The van der Waals surface area contributed by atoms with E-state index in [1.165, 1.54) is 4.57 Å². The molecule has 7 heteroatoms. The lowest BCUT2D eigenvalue weighted by Crippen LogP contribution is -2.26. The van der Waals surface area contributed by atoms with E-state index in [4.69, 9.17) is 10.00 Å². The number of fused-ring (bicyclic) bond motifs is 1. The van der Waals surface area contributed by atoms with Gasteiger partial charge in [0.25, 0.3) is 5.56 Å². The van der Waals surface area contributed by atoms with Gasteiger partial charge in [-0.15, -0.1) is 0 Å². The number of benzene rings is 1. The number of hydrogen-bond donors (Lipinski definition) is 1. The zero-order chi connectivity index (χ0) is 16.2. The lowest BCUT2D eigenvalue weighted by molar-refractivity contribution is 0.0451. The van der Waals surface area contributed by atoms with Gasteiger partial charge < -0.3 is 9.72 Å². The number of H-pyrrole nitrogens is 1. The molecular weight excluding hydrogens is 296 g/mol. The monoisotopic (exact) mass is 308 g/mol. The summed E-state index contributed by atoms with van der Waals surface area (Å²) in [5.41, 5.74) is 0.473. The number of carbonyl (C=O) groups excluding carboxylic acids is 1. The first-order chi connectivity index (χ1) is 11.2.